The smallest absolute Gasteiger partial charge is 0.338 e. The van der Waals surface area contributed by atoms with Crippen LogP contribution < -0.4 is 4.90 Å². The minimum Gasteiger partial charge on any atom is -0.462 e. The molecule has 0 atom stereocenters. The lowest BCUT2D eigenvalue weighted by molar-refractivity contribution is 0.0526. The largest absolute Gasteiger partial charge is 0.462 e. The van der Waals surface area contributed by atoms with Crippen LogP contribution in [0.4, 0.5) is 11.4 Å². The van der Waals surface area contributed by atoms with Crippen molar-refractivity contribution in [2.45, 2.75) is 52.9 Å². The molecule has 2 aromatic rings. The number of allylic oxidation sites excluding steroid dienone is 2. The second-order valence-electron chi connectivity index (χ2n) is 7.91. The van der Waals surface area contributed by atoms with Crippen LogP contribution in [0.5, 0.6) is 0 Å². The van der Waals surface area contributed by atoms with Crippen LogP contribution in [0.3, 0.4) is 0 Å². The van der Waals surface area contributed by atoms with E-state index in [1.165, 1.54) is 22.4 Å². The number of esters is 1. The summed E-state index contributed by atoms with van der Waals surface area (Å²) in [5.74, 6) is -0.272. The zero-order chi connectivity index (χ0) is 20.3. The number of hydrogen-bond acceptors (Lipinski definition) is 3. The number of benzene rings is 2. The van der Waals surface area contributed by atoms with E-state index >= 15 is 0 Å². The van der Waals surface area contributed by atoms with Gasteiger partial charge in [-0.05, 0) is 85.2 Å². The minimum atomic E-state index is -0.272. The maximum Gasteiger partial charge on any atom is 0.338 e. The van der Waals surface area contributed by atoms with Crippen molar-refractivity contribution in [1.82, 2.24) is 0 Å². The van der Waals surface area contributed by atoms with Gasteiger partial charge in [-0.2, -0.15) is 0 Å². The molecule has 0 spiro atoms. The molecule has 3 nitrogen and oxygen atoms in total. The summed E-state index contributed by atoms with van der Waals surface area (Å²) in [6.07, 6.45) is 4.54. The molecule has 0 radical (unpaired) electrons. The van der Waals surface area contributed by atoms with Crippen molar-refractivity contribution in [2.75, 3.05) is 18.1 Å². The average Bonchev–Trinajstić information content (AvgIpc) is 2.70. The van der Waals surface area contributed by atoms with E-state index in [-0.39, 0.29) is 11.4 Å². The third-order valence-electron chi connectivity index (χ3n) is 5.64. The molecule has 1 aliphatic carbocycles. The van der Waals surface area contributed by atoms with Crippen molar-refractivity contribution in [1.29, 1.82) is 0 Å². The third-order valence-corrected chi connectivity index (χ3v) is 5.64. The summed E-state index contributed by atoms with van der Waals surface area (Å²) in [4.78, 5) is 14.2. The van der Waals surface area contributed by atoms with Gasteiger partial charge in [-0.1, -0.05) is 32.9 Å². The van der Waals surface area contributed by atoms with Gasteiger partial charge < -0.3 is 9.64 Å². The highest BCUT2D eigenvalue weighted by atomic mass is 16.5. The highest BCUT2D eigenvalue weighted by Gasteiger charge is 2.28. The zero-order valence-electron chi connectivity index (χ0n) is 17.7. The molecule has 0 saturated heterocycles. The van der Waals surface area contributed by atoms with Crippen molar-refractivity contribution >= 4 is 22.9 Å². The van der Waals surface area contributed by atoms with Crippen molar-refractivity contribution in [3.8, 4) is 0 Å². The number of fused-ring (bicyclic) bond motifs is 1. The van der Waals surface area contributed by atoms with Crippen molar-refractivity contribution in [3.63, 3.8) is 0 Å². The first-order valence-corrected chi connectivity index (χ1v) is 10.3. The van der Waals surface area contributed by atoms with Gasteiger partial charge in [0.1, 0.15) is 0 Å². The van der Waals surface area contributed by atoms with Crippen LogP contribution in [0.2, 0.25) is 0 Å². The summed E-state index contributed by atoms with van der Waals surface area (Å²) >= 11 is 0. The van der Waals surface area contributed by atoms with E-state index in [9.17, 15) is 4.79 Å². The lowest BCUT2D eigenvalue weighted by Gasteiger charge is -2.34. The van der Waals surface area contributed by atoms with Gasteiger partial charge in [-0.3, -0.25) is 0 Å². The van der Waals surface area contributed by atoms with Gasteiger partial charge in [-0.25, -0.2) is 4.79 Å². The molecule has 148 valence electrons. The predicted octanol–water partition coefficient (Wildman–Crippen LogP) is 6.50. The van der Waals surface area contributed by atoms with E-state index < -0.39 is 0 Å². The number of ether oxygens (including phenoxy) is 1. The van der Waals surface area contributed by atoms with Crippen LogP contribution in [0.1, 0.15) is 68.9 Å². The molecule has 0 amide bonds. The SMILES string of the molecule is CCOC(=O)c1ccc(N(CC)c2ccc3c(c2)C(C)(C)CC=C3CC)cc1. The van der Waals surface area contributed by atoms with E-state index in [0.29, 0.717) is 12.2 Å². The molecule has 0 saturated carbocycles. The average molecular weight is 378 g/mol. The van der Waals surface area contributed by atoms with Gasteiger partial charge >= 0.3 is 5.97 Å². The first-order chi connectivity index (χ1) is 13.4. The van der Waals surface area contributed by atoms with Crippen LogP contribution >= 0.6 is 0 Å². The van der Waals surface area contributed by atoms with Gasteiger partial charge in [0.2, 0.25) is 0 Å². The van der Waals surface area contributed by atoms with Gasteiger partial charge in [0.25, 0.3) is 0 Å². The van der Waals surface area contributed by atoms with Gasteiger partial charge in [0.15, 0.2) is 0 Å². The van der Waals surface area contributed by atoms with E-state index in [4.69, 9.17) is 4.74 Å². The van der Waals surface area contributed by atoms with Crippen molar-refractivity contribution < 1.29 is 9.53 Å². The van der Waals surface area contributed by atoms with Crippen LogP contribution in [0.15, 0.2) is 48.5 Å². The van der Waals surface area contributed by atoms with E-state index in [0.717, 1.165) is 25.1 Å². The fraction of sp³-hybridized carbons (Fsp3) is 0.400. The minimum absolute atomic E-state index is 0.136. The molecule has 3 rings (SSSR count). The Morgan fingerprint density at radius 3 is 2.32 bits per heavy atom. The molecule has 0 N–H and O–H groups in total. The van der Waals surface area contributed by atoms with E-state index in [1.807, 2.05) is 31.2 Å². The summed E-state index contributed by atoms with van der Waals surface area (Å²) in [5.41, 5.74) is 7.25. The lowest BCUT2D eigenvalue weighted by Crippen LogP contribution is -2.23. The fourth-order valence-corrected chi connectivity index (χ4v) is 3.98. The summed E-state index contributed by atoms with van der Waals surface area (Å²) in [6.45, 7) is 12.1. The number of carbonyl (C=O) groups is 1. The second kappa shape index (κ2) is 8.22. The Balaban J connectivity index is 1.96. The Bertz CT molecular complexity index is 878. The Morgan fingerprint density at radius 1 is 1.04 bits per heavy atom. The molecule has 0 heterocycles. The maximum atomic E-state index is 11.9. The highest BCUT2D eigenvalue weighted by Crippen LogP contribution is 2.42. The molecule has 1 aliphatic rings. The first-order valence-electron chi connectivity index (χ1n) is 10.3. The van der Waals surface area contributed by atoms with E-state index in [1.54, 1.807) is 0 Å². The summed E-state index contributed by atoms with van der Waals surface area (Å²) in [7, 11) is 0. The Kier molecular flexibility index (Phi) is 5.93. The molecule has 0 aliphatic heterocycles. The summed E-state index contributed by atoms with van der Waals surface area (Å²) < 4.78 is 5.09. The predicted molar refractivity (Wildman–Crippen MR) is 117 cm³/mol. The summed E-state index contributed by atoms with van der Waals surface area (Å²) in [5, 5.41) is 0. The molecule has 2 aromatic carbocycles. The van der Waals surface area contributed by atoms with Crippen LogP contribution in [0, 0.1) is 0 Å². The zero-order valence-corrected chi connectivity index (χ0v) is 17.7. The number of anilines is 2. The third kappa shape index (κ3) is 3.84. The normalized spacial score (nSPS) is 14.8. The van der Waals surface area contributed by atoms with Gasteiger partial charge in [0.05, 0.1) is 12.2 Å². The van der Waals surface area contributed by atoms with Gasteiger partial charge in [0, 0.05) is 17.9 Å². The molecule has 0 fully saturated rings. The molecular formula is C25H31NO2. The number of nitrogens with zero attached hydrogens (tertiary/aromatic N) is 1. The summed E-state index contributed by atoms with van der Waals surface area (Å²) in [6, 6.07) is 14.5. The van der Waals surface area contributed by atoms with Gasteiger partial charge in [-0.15, -0.1) is 0 Å². The molecule has 0 bridgehead atoms. The van der Waals surface area contributed by atoms with E-state index in [2.05, 4.69) is 56.9 Å². The Hall–Kier alpha value is -2.55. The number of hydrogen-bond donors (Lipinski definition) is 0. The van der Waals surface area contributed by atoms with Crippen LogP contribution in [-0.4, -0.2) is 19.1 Å². The Labute approximate surface area is 169 Å². The Morgan fingerprint density at radius 2 is 1.71 bits per heavy atom. The number of carbonyl (C=O) groups excluding carboxylic acids is 1. The second-order valence-corrected chi connectivity index (χ2v) is 7.91. The molecule has 28 heavy (non-hydrogen) atoms. The monoisotopic (exact) mass is 377 g/mol. The molecule has 0 unspecified atom stereocenters. The quantitative estimate of drug-likeness (QED) is 0.538. The lowest BCUT2D eigenvalue weighted by atomic mass is 9.73. The van der Waals surface area contributed by atoms with Crippen molar-refractivity contribution in [3.05, 3.63) is 65.2 Å². The molecular weight excluding hydrogens is 346 g/mol. The topological polar surface area (TPSA) is 29.5 Å². The van der Waals surface area contributed by atoms with Crippen LogP contribution in [0.25, 0.3) is 5.57 Å². The molecule has 3 heteroatoms. The fourth-order valence-electron chi connectivity index (χ4n) is 3.98. The number of rotatable bonds is 6. The first kappa shape index (κ1) is 20.2. The van der Waals surface area contributed by atoms with Crippen molar-refractivity contribution in [2.24, 2.45) is 0 Å². The van der Waals surface area contributed by atoms with Crippen LogP contribution in [-0.2, 0) is 10.2 Å². The molecule has 0 aromatic heterocycles. The maximum absolute atomic E-state index is 11.9. The highest BCUT2D eigenvalue weighted by molar-refractivity contribution is 5.90. The standard InChI is InChI=1S/C25H31NO2/c1-6-18-15-16-25(4,5)23-17-21(13-14-22(18)23)26(7-2)20-11-9-19(10-12-20)24(27)28-8-3/h9-15,17H,6-8,16H2,1-5H3.